The summed E-state index contributed by atoms with van der Waals surface area (Å²) in [4.78, 5) is 12.2. The van der Waals surface area contributed by atoms with Crippen molar-refractivity contribution in [2.45, 2.75) is 24.3 Å². The first kappa shape index (κ1) is 20.9. The molecule has 8 heteroatoms. The van der Waals surface area contributed by atoms with E-state index in [1.54, 1.807) is 0 Å². The van der Waals surface area contributed by atoms with Crippen LogP contribution in [-0.2, 0) is 14.6 Å². The molecule has 0 unspecified atom stereocenters. The molecular weight excluding hydrogens is 328 g/mol. The predicted octanol–water partition coefficient (Wildman–Crippen LogP) is 0.996. The fraction of sp³-hybridized carbons (Fsp3) is 0.500. The first-order valence-corrected chi connectivity index (χ1v) is 8.21. The van der Waals surface area contributed by atoms with Gasteiger partial charge in [0.25, 0.3) is 5.91 Å². The molecule has 0 aliphatic carbocycles. The second kappa shape index (κ2) is 8.47. The monoisotopic (exact) mass is 350 g/mol. The van der Waals surface area contributed by atoms with Crippen LogP contribution in [0.1, 0.15) is 24.2 Å². The highest BCUT2D eigenvalue weighted by Gasteiger charge is 2.20. The van der Waals surface area contributed by atoms with Gasteiger partial charge in [0.1, 0.15) is 0 Å². The number of benzene rings is 1. The van der Waals surface area contributed by atoms with Crippen LogP contribution < -0.4 is 11.1 Å². The van der Waals surface area contributed by atoms with E-state index in [0.717, 1.165) is 0 Å². The summed E-state index contributed by atoms with van der Waals surface area (Å²) in [5.41, 5.74) is 5.43. The lowest BCUT2D eigenvalue weighted by Crippen LogP contribution is -2.48. The van der Waals surface area contributed by atoms with E-state index in [0.29, 0.717) is 12.1 Å². The number of ether oxygens (including phenoxy) is 1. The molecule has 1 rings (SSSR count). The van der Waals surface area contributed by atoms with Gasteiger partial charge in [-0.25, -0.2) is 8.42 Å². The highest BCUT2D eigenvalue weighted by atomic mass is 35.5. The van der Waals surface area contributed by atoms with Crippen LogP contribution in [0.3, 0.4) is 0 Å². The third kappa shape index (κ3) is 5.92. The zero-order valence-corrected chi connectivity index (χ0v) is 14.6. The molecule has 0 radical (unpaired) electrons. The molecule has 126 valence electrons. The van der Waals surface area contributed by atoms with E-state index in [9.17, 15) is 13.2 Å². The van der Waals surface area contributed by atoms with E-state index in [2.05, 4.69) is 5.32 Å². The van der Waals surface area contributed by atoms with Gasteiger partial charge in [-0.05, 0) is 38.1 Å². The lowest BCUT2D eigenvalue weighted by molar-refractivity contribution is 0.0915. The molecule has 0 fully saturated rings. The summed E-state index contributed by atoms with van der Waals surface area (Å²) < 4.78 is 28.7. The summed E-state index contributed by atoms with van der Waals surface area (Å²) in [6, 6.07) is 5.83. The molecule has 22 heavy (non-hydrogen) atoms. The van der Waals surface area contributed by atoms with Crippen molar-refractivity contribution < 1.29 is 17.9 Å². The quantitative estimate of drug-likeness (QED) is 0.764. The summed E-state index contributed by atoms with van der Waals surface area (Å²) in [5, 5.41) is 2.78. The van der Waals surface area contributed by atoms with Crippen LogP contribution in [0.15, 0.2) is 29.2 Å². The molecule has 0 spiro atoms. The van der Waals surface area contributed by atoms with E-state index in [1.165, 1.54) is 31.4 Å². The van der Waals surface area contributed by atoms with Gasteiger partial charge in [-0.2, -0.15) is 0 Å². The van der Waals surface area contributed by atoms with Gasteiger partial charge in [-0.1, -0.05) is 0 Å². The molecule has 0 heterocycles. The Morgan fingerprint density at radius 3 is 2.27 bits per heavy atom. The minimum Gasteiger partial charge on any atom is -0.384 e. The Hall–Kier alpha value is -1.15. The third-order valence-corrected chi connectivity index (χ3v) is 4.69. The smallest absolute Gasteiger partial charge is 0.251 e. The molecule has 1 amide bonds. The zero-order valence-electron chi connectivity index (χ0n) is 13.0. The van der Waals surface area contributed by atoms with E-state index in [1.807, 2.05) is 13.8 Å². The van der Waals surface area contributed by atoms with Gasteiger partial charge in [-0.15, -0.1) is 12.4 Å². The minimum absolute atomic E-state index is 0. The van der Waals surface area contributed by atoms with Gasteiger partial charge in [0.05, 0.1) is 17.3 Å². The Balaban J connectivity index is 0.00000441. The topological polar surface area (TPSA) is 98.5 Å². The molecule has 1 aromatic rings. The summed E-state index contributed by atoms with van der Waals surface area (Å²) in [5.74, 6) is -0.374. The van der Waals surface area contributed by atoms with E-state index >= 15 is 0 Å². The number of halogens is 1. The van der Waals surface area contributed by atoms with Crippen LogP contribution in [-0.4, -0.2) is 45.9 Å². The summed E-state index contributed by atoms with van der Waals surface area (Å²) in [6.07, 6.45) is 0. The SMILES string of the molecule is COCCS(=O)(=O)c1ccc(C(=O)NC(C)(C)CN)cc1.Cl. The van der Waals surface area contributed by atoms with Gasteiger partial charge in [0, 0.05) is 24.8 Å². The van der Waals surface area contributed by atoms with Crippen LogP contribution in [0.4, 0.5) is 0 Å². The number of carbonyl (C=O) groups excluding carboxylic acids is 1. The van der Waals surface area contributed by atoms with Crippen molar-refractivity contribution in [1.82, 2.24) is 5.32 Å². The molecule has 0 aliphatic rings. The maximum Gasteiger partial charge on any atom is 0.251 e. The number of rotatable bonds is 7. The largest absolute Gasteiger partial charge is 0.384 e. The number of hydrogen-bond donors (Lipinski definition) is 2. The number of carbonyl (C=O) groups is 1. The van der Waals surface area contributed by atoms with Crippen LogP contribution in [0.25, 0.3) is 0 Å². The molecule has 6 nitrogen and oxygen atoms in total. The van der Waals surface area contributed by atoms with Crippen LogP contribution >= 0.6 is 12.4 Å². The van der Waals surface area contributed by atoms with Crippen molar-refractivity contribution in [2.75, 3.05) is 26.0 Å². The second-order valence-corrected chi connectivity index (χ2v) is 7.49. The van der Waals surface area contributed by atoms with Crippen LogP contribution in [0.2, 0.25) is 0 Å². The summed E-state index contributed by atoms with van der Waals surface area (Å²) in [7, 11) is -1.93. The molecule has 0 aliphatic heterocycles. The highest BCUT2D eigenvalue weighted by Crippen LogP contribution is 2.13. The fourth-order valence-electron chi connectivity index (χ4n) is 1.56. The molecule has 1 aromatic carbocycles. The predicted molar refractivity (Wildman–Crippen MR) is 88.2 cm³/mol. The van der Waals surface area contributed by atoms with Crippen molar-refractivity contribution in [1.29, 1.82) is 0 Å². The minimum atomic E-state index is -3.38. The first-order valence-electron chi connectivity index (χ1n) is 6.56. The van der Waals surface area contributed by atoms with Crippen molar-refractivity contribution in [3.63, 3.8) is 0 Å². The second-order valence-electron chi connectivity index (χ2n) is 5.38. The Morgan fingerprint density at radius 1 is 1.27 bits per heavy atom. The molecular formula is C14H23ClN2O4S. The molecule has 0 saturated carbocycles. The maximum atomic E-state index is 12.0. The van der Waals surface area contributed by atoms with Crippen LogP contribution in [0.5, 0.6) is 0 Å². The standard InChI is InChI=1S/C14H22N2O4S.ClH/c1-14(2,10-15)16-13(17)11-4-6-12(7-5-11)21(18,19)9-8-20-3;/h4-7H,8-10,15H2,1-3H3,(H,16,17);1H. The molecule has 0 atom stereocenters. The van der Waals surface area contributed by atoms with E-state index in [4.69, 9.17) is 10.5 Å². The van der Waals surface area contributed by atoms with Crippen LogP contribution in [0, 0.1) is 0 Å². The highest BCUT2D eigenvalue weighted by molar-refractivity contribution is 7.91. The Bertz CT molecular complexity index is 585. The number of hydrogen-bond acceptors (Lipinski definition) is 5. The Labute approximate surface area is 137 Å². The summed E-state index contributed by atoms with van der Waals surface area (Å²) in [6.45, 7) is 4.07. The number of sulfone groups is 1. The third-order valence-electron chi connectivity index (χ3n) is 2.99. The zero-order chi connectivity index (χ0) is 16.1. The molecule has 0 bridgehead atoms. The lowest BCUT2D eigenvalue weighted by Gasteiger charge is -2.24. The summed E-state index contributed by atoms with van der Waals surface area (Å²) >= 11 is 0. The first-order chi connectivity index (χ1) is 9.72. The normalized spacial score (nSPS) is 11.6. The van der Waals surface area contributed by atoms with Gasteiger partial charge in [0.2, 0.25) is 0 Å². The number of nitrogens with one attached hydrogen (secondary N) is 1. The molecule has 0 aromatic heterocycles. The van der Waals surface area contributed by atoms with Gasteiger partial charge < -0.3 is 15.8 Å². The lowest BCUT2D eigenvalue weighted by atomic mass is 10.1. The maximum absolute atomic E-state index is 12.0. The van der Waals surface area contributed by atoms with Gasteiger partial charge in [0.15, 0.2) is 9.84 Å². The van der Waals surface area contributed by atoms with E-state index < -0.39 is 15.4 Å². The average molecular weight is 351 g/mol. The number of methoxy groups -OCH3 is 1. The Morgan fingerprint density at radius 2 is 1.82 bits per heavy atom. The van der Waals surface area contributed by atoms with Crippen molar-refractivity contribution in [3.8, 4) is 0 Å². The van der Waals surface area contributed by atoms with E-state index in [-0.39, 0.29) is 35.6 Å². The van der Waals surface area contributed by atoms with Gasteiger partial charge >= 0.3 is 0 Å². The molecule has 3 N–H and O–H groups in total. The van der Waals surface area contributed by atoms with Crippen molar-refractivity contribution >= 4 is 28.2 Å². The number of nitrogens with two attached hydrogens (primary N) is 1. The fourth-order valence-corrected chi connectivity index (χ4v) is 2.73. The average Bonchev–Trinajstić information content (AvgIpc) is 2.45. The van der Waals surface area contributed by atoms with Crippen molar-refractivity contribution in [2.24, 2.45) is 5.73 Å². The Kier molecular flexibility index (Phi) is 8.03. The number of amides is 1. The van der Waals surface area contributed by atoms with Gasteiger partial charge in [-0.3, -0.25) is 4.79 Å². The molecule has 0 saturated heterocycles. The van der Waals surface area contributed by atoms with Crippen molar-refractivity contribution in [3.05, 3.63) is 29.8 Å².